The molecule has 0 radical (unpaired) electrons. The lowest BCUT2D eigenvalue weighted by Gasteiger charge is -2.10. The van der Waals surface area contributed by atoms with Crippen LogP contribution in [0.2, 0.25) is 0 Å². The van der Waals surface area contributed by atoms with Gasteiger partial charge in [-0.3, -0.25) is 0 Å². The minimum Gasteiger partial charge on any atom is -0.545 e. The molecule has 0 aliphatic carbocycles. The van der Waals surface area contributed by atoms with Crippen LogP contribution in [0.1, 0.15) is 10.4 Å². The van der Waals surface area contributed by atoms with Crippen LogP contribution in [-0.2, 0) is 0 Å². The van der Waals surface area contributed by atoms with Gasteiger partial charge in [0.1, 0.15) is 17.9 Å². The fourth-order valence-electron chi connectivity index (χ4n) is 2.02. The van der Waals surface area contributed by atoms with Crippen molar-refractivity contribution in [3.63, 3.8) is 0 Å². The molecule has 2 aromatic heterocycles. The van der Waals surface area contributed by atoms with Gasteiger partial charge in [-0.15, -0.1) is 0 Å². The van der Waals surface area contributed by atoms with Crippen LogP contribution in [0, 0.1) is 0 Å². The largest absolute Gasteiger partial charge is 0.545 e. The van der Waals surface area contributed by atoms with E-state index < -0.39 is 5.97 Å². The number of ether oxygens (including phenoxy) is 1. The molecule has 0 atom stereocenters. The molecule has 0 saturated carbocycles. The molecule has 0 fully saturated rings. The number of carbonyl (C=O) groups excluding carboxylic acids is 1. The van der Waals surface area contributed by atoms with Crippen LogP contribution in [-0.4, -0.2) is 32.8 Å². The van der Waals surface area contributed by atoms with Crippen molar-refractivity contribution >= 4 is 11.8 Å². The standard InChI is InChI=1S/C15H13N5O3/c1-16-14-11(15(21)22)8-19-20(14)12-7-13(18-9-17-12)23-10-5-3-2-4-6-10/h2-9,16H,1H3,(H,21,22)/p-1. The molecule has 0 unspecified atom stereocenters. The average molecular weight is 310 g/mol. The highest BCUT2D eigenvalue weighted by molar-refractivity contribution is 5.91. The van der Waals surface area contributed by atoms with Crippen LogP contribution in [0.15, 0.2) is 48.9 Å². The molecule has 3 aromatic rings. The third kappa shape index (κ3) is 2.95. The van der Waals surface area contributed by atoms with Crippen molar-refractivity contribution in [1.29, 1.82) is 0 Å². The molecular weight excluding hydrogens is 298 g/mol. The summed E-state index contributed by atoms with van der Waals surface area (Å²) in [5.74, 6) is 0.239. The van der Waals surface area contributed by atoms with Crippen LogP contribution in [0.5, 0.6) is 11.6 Å². The smallest absolute Gasteiger partial charge is 0.224 e. The number of carbonyl (C=O) groups is 1. The summed E-state index contributed by atoms with van der Waals surface area (Å²) in [6, 6.07) is 10.7. The number of anilines is 1. The number of hydrogen-bond donors (Lipinski definition) is 1. The van der Waals surface area contributed by atoms with Gasteiger partial charge in [-0.2, -0.15) is 9.78 Å². The number of aromatic carboxylic acids is 1. The lowest BCUT2D eigenvalue weighted by Crippen LogP contribution is -2.23. The summed E-state index contributed by atoms with van der Waals surface area (Å²) in [5, 5.41) is 17.9. The predicted molar refractivity (Wildman–Crippen MR) is 79.5 cm³/mol. The Hall–Kier alpha value is -3.42. The van der Waals surface area contributed by atoms with Crippen LogP contribution >= 0.6 is 0 Å². The molecule has 23 heavy (non-hydrogen) atoms. The molecule has 3 rings (SSSR count). The van der Waals surface area contributed by atoms with E-state index in [1.165, 1.54) is 17.2 Å². The maximum Gasteiger partial charge on any atom is 0.224 e. The van der Waals surface area contributed by atoms with E-state index in [0.29, 0.717) is 17.4 Å². The second kappa shape index (κ2) is 6.14. The first-order chi connectivity index (χ1) is 11.2. The van der Waals surface area contributed by atoms with E-state index in [-0.39, 0.29) is 11.4 Å². The van der Waals surface area contributed by atoms with Crippen LogP contribution in [0.3, 0.4) is 0 Å². The first-order valence-corrected chi connectivity index (χ1v) is 6.71. The van der Waals surface area contributed by atoms with Gasteiger partial charge >= 0.3 is 0 Å². The third-order valence-electron chi connectivity index (χ3n) is 3.04. The SMILES string of the molecule is CNc1c(C(=O)[O-])cnn1-c1cc(Oc2ccccc2)ncn1. The average Bonchev–Trinajstić information content (AvgIpc) is 3.00. The second-order valence-electron chi connectivity index (χ2n) is 4.49. The van der Waals surface area contributed by atoms with Crippen molar-refractivity contribution < 1.29 is 14.6 Å². The number of carboxylic acid groups (broad SMARTS) is 1. The van der Waals surface area contributed by atoms with E-state index in [0.717, 1.165) is 0 Å². The first kappa shape index (κ1) is 14.5. The van der Waals surface area contributed by atoms with Crippen molar-refractivity contribution in [2.24, 2.45) is 0 Å². The monoisotopic (exact) mass is 310 g/mol. The van der Waals surface area contributed by atoms with Gasteiger partial charge in [-0.1, -0.05) is 18.2 Å². The molecule has 0 spiro atoms. The highest BCUT2D eigenvalue weighted by Crippen LogP contribution is 2.22. The van der Waals surface area contributed by atoms with Crippen LogP contribution < -0.4 is 15.2 Å². The number of rotatable bonds is 5. The molecule has 8 heteroatoms. The fourth-order valence-corrected chi connectivity index (χ4v) is 2.02. The lowest BCUT2D eigenvalue weighted by molar-refractivity contribution is -0.254. The van der Waals surface area contributed by atoms with Crippen molar-refractivity contribution in [2.75, 3.05) is 12.4 Å². The molecule has 8 nitrogen and oxygen atoms in total. The highest BCUT2D eigenvalue weighted by Gasteiger charge is 2.13. The number of benzene rings is 1. The zero-order valence-corrected chi connectivity index (χ0v) is 12.1. The Labute approximate surface area is 131 Å². The van der Waals surface area contributed by atoms with Crippen molar-refractivity contribution in [3.05, 3.63) is 54.5 Å². The third-order valence-corrected chi connectivity index (χ3v) is 3.04. The predicted octanol–water partition coefficient (Wildman–Crippen LogP) is 0.860. The number of nitrogens with zero attached hydrogens (tertiary/aromatic N) is 4. The lowest BCUT2D eigenvalue weighted by atomic mass is 10.3. The van der Waals surface area contributed by atoms with E-state index in [9.17, 15) is 9.90 Å². The summed E-state index contributed by atoms with van der Waals surface area (Å²) < 4.78 is 6.96. The summed E-state index contributed by atoms with van der Waals surface area (Å²) in [5.41, 5.74) is -0.0587. The topological polar surface area (TPSA) is 105 Å². The Morgan fingerprint density at radius 3 is 2.74 bits per heavy atom. The van der Waals surface area contributed by atoms with E-state index in [2.05, 4.69) is 20.4 Å². The number of aromatic nitrogens is 4. The zero-order valence-electron chi connectivity index (χ0n) is 12.1. The maximum absolute atomic E-state index is 11.1. The van der Waals surface area contributed by atoms with Crippen molar-refractivity contribution in [1.82, 2.24) is 19.7 Å². The van der Waals surface area contributed by atoms with E-state index in [4.69, 9.17) is 4.74 Å². The van der Waals surface area contributed by atoms with Gasteiger partial charge in [0.2, 0.25) is 5.88 Å². The fraction of sp³-hybridized carbons (Fsp3) is 0.0667. The molecule has 1 aromatic carbocycles. The second-order valence-corrected chi connectivity index (χ2v) is 4.49. The zero-order chi connectivity index (χ0) is 16.2. The van der Waals surface area contributed by atoms with E-state index in [1.54, 1.807) is 25.2 Å². The summed E-state index contributed by atoms with van der Waals surface area (Å²) in [6.45, 7) is 0. The van der Waals surface area contributed by atoms with Gasteiger partial charge in [0.05, 0.1) is 17.7 Å². The van der Waals surface area contributed by atoms with Gasteiger partial charge < -0.3 is 20.0 Å². The molecule has 0 saturated heterocycles. The highest BCUT2D eigenvalue weighted by atomic mass is 16.5. The Kier molecular flexibility index (Phi) is 3.88. The van der Waals surface area contributed by atoms with Crippen molar-refractivity contribution in [3.8, 4) is 17.4 Å². The molecule has 0 bridgehead atoms. The van der Waals surface area contributed by atoms with E-state index >= 15 is 0 Å². The molecule has 0 aliphatic heterocycles. The van der Waals surface area contributed by atoms with Gasteiger partial charge in [0, 0.05) is 13.1 Å². The Morgan fingerprint density at radius 2 is 2.04 bits per heavy atom. The summed E-state index contributed by atoms with van der Waals surface area (Å²) >= 11 is 0. The summed E-state index contributed by atoms with van der Waals surface area (Å²) in [4.78, 5) is 19.2. The molecule has 1 N–H and O–H groups in total. The Morgan fingerprint density at radius 1 is 1.26 bits per heavy atom. The first-order valence-electron chi connectivity index (χ1n) is 6.71. The molecule has 116 valence electrons. The van der Waals surface area contributed by atoms with E-state index in [1.807, 2.05) is 18.2 Å². The van der Waals surface area contributed by atoms with Gasteiger partial charge in [0.15, 0.2) is 5.82 Å². The molecule has 0 aliphatic rings. The number of hydrogen-bond acceptors (Lipinski definition) is 7. The van der Waals surface area contributed by atoms with Crippen LogP contribution in [0.25, 0.3) is 5.82 Å². The number of carboxylic acids is 1. The molecule has 2 heterocycles. The van der Waals surface area contributed by atoms with Gasteiger partial charge in [-0.05, 0) is 12.1 Å². The number of para-hydroxylation sites is 1. The van der Waals surface area contributed by atoms with Gasteiger partial charge in [0.25, 0.3) is 0 Å². The Balaban J connectivity index is 1.95. The van der Waals surface area contributed by atoms with Gasteiger partial charge in [-0.25, -0.2) is 9.97 Å². The Bertz CT molecular complexity index is 832. The molecule has 0 amide bonds. The minimum atomic E-state index is -1.32. The van der Waals surface area contributed by atoms with Crippen LogP contribution in [0.4, 0.5) is 5.82 Å². The van der Waals surface area contributed by atoms with Crippen molar-refractivity contribution in [2.45, 2.75) is 0 Å². The molecular formula is C15H12N5O3-. The summed E-state index contributed by atoms with van der Waals surface area (Å²) in [6.07, 6.45) is 2.51. The number of nitrogens with one attached hydrogen (secondary N) is 1. The maximum atomic E-state index is 11.1. The summed E-state index contributed by atoms with van der Waals surface area (Å²) in [7, 11) is 1.59. The normalized spacial score (nSPS) is 10.3. The minimum absolute atomic E-state index is 0.0587. The quantitative estimate of drug-likeness (QED) is 0.745.